The van der Waals surface area contributed by atoms with E-state index >= 15 is 0 Å². The van der Waals surface area contributed by atoms with Gasteiger partial charge in [-0.1, -0.05) is 0 Å². The molecule has 19 heavy (non-hydrogen) atoms. The third-order valence-electron chi connectivity index (χ3n) is 5.01. The van der Waals surface area contributed by atoms with Gasteiger partial charge in [0, 0.05) is 12.5 Å². The molecule has 5 heteroatoms. The Morgan fingerprint density at radius 1 is 1.26 bits per heavy atom. The molecule has 2 heterocycles. The highest BCUT2D eigenvalue weighted by molar-refractivity contribution is 7.99. The topological polar surface area (TPSA) is 41.1 Å². The second-order valence-corrected chi connectivity index (χ2v) is 7.39. The van der Waals surface area contributed by atoms with E-state index in [2.05, 4.69) is 10.6 Å². The van der Waals surface area contributed by atoms with E-state index in [1.165, 1.54) is 37.2 Å². The van der Waals surface area contributed by atoms with E-state index in [0.717, 1.165) is 32.0 Å². The number of hydrogen-bond donors (Lipinski definition) is 2. The van der Waals surface area contributed by atoms with Crippen molar-refractivity contribution in [3.8, 4) is 0 Å². The van der Waals surface area contributed by atoms with Gasteiger partial charge < -0.3 is 10.6 Å². The normalized spacial score (nSPS) is 29.6. The summed E-state index contributed by atoms with van der Waals surface area (Å²) in [6.45, 7) is 3.12. The van der Waals surface area contributed by atoms with Crippen molar-refractivity contribution in [3.05, 3.63) is 0 Å². The fourth-order valence-electron chi connectivity index (χ4n) is 3.51. The van der Waals surface area contributed by atoms with Crippen LogP contribution in [0, 0.1) is 17.3 Å². The van der Waals surface area contributed by atoms with Gasteiger partial charge in [-0.2, -0.15) is 11.8 Å². The molecule has 3 aliphatic rings. The van der Waals surface area contributed by atoms with Crippen LogP contribution in [-0.2, 0) is 4.79 Å². The Morgan fingerprint density at radius 2 is 1.95 bits per heavy atom. The van der Waals surface area contributed by atoms with Crippen molar-refractivity contribution in [3.63, 3.8) is 0 Å². The average molecular weight is 305 g/mol. The minimum atomic E-state index is 0. The Kier molecular flexibility index (Phi) is 5.44. The zero-order chi connectivity index (χ0) is 12.4. The van der Waals surface area contributed by atoms with Crippen LogP contribution >= 0.6 is 24.2 Å². The van der Waals surface area contributed by atoms with Crippen molar-refractivity contribution in [2.75, 3.05) is 31.1 Å². The predicted octanol–water partition coefficient (Wildman–Crippen LogP) is 2.06. The highest BCUT2D eigenvalue weighted by Gasteiger charge is 2.57. The summed E-state index contributed by atoms with van der Waals surface area (Å²) in [6.07, 6.45) is 6.10. The number of amides is 1. The fraction of sp³-hybridized carbons (Fsp3) is 0.929. The molecule has 0 aromatic carbocycles. The van der Waals surface area contributed by atoms with Crippen LogP contribution in [0.2, 0.25) is 0 Å². The molecular formula is C14H25ClN2OS. The molecule has 0 aromatic rings. The smallest absolute Gasteiger partial charge is 0.223 e. The molecule has 3 fully saturated rings. The lowest BCUT2D eigenvalue weighted by Crippen LogP contribution is -2.36. The van der Waals surface area contributed by atoms with Gasteiger partial charge in [0.25, 0.3) is 0 Å². The Hall–Kier alpha value is 0.0700. The zero-order valence-electron chi connectivity index (χ0n) is 11.5. The maximum absolute atomic E-state index is 12.2. The minimum Gasteiger partial charge on any atom is -0.356 e. The molecule has 0 aromatic heterocycles. The Bertz CT molecular complexity index is 315. The van der Waals surface area contributed by atoms with Crippen molar-refractivity contribution in [1.82, 2.24) is 10.6 Å². The summed E-state index contributed by atoms with van der Waals surface area (Å²) in [5.41, 5.74) is 0.387. The summed E-state index contributed by atoms with van der Waals surface area (Å²) in [5, 5.41) is 6.61. The van der Waals surface area contributed by atoms with Crippen LogP contribution in [0.4, 0.5) is 0 Å². The summed E-state index contributed by atoms with van der Waals surface area (Å²) >= 11 is 2.05. The molecule has 1 saturated carbocycles. The van der Waals surface area contributed by atoms with Gasteiger partial charge in [0.1, 0.15) is 0 Å². The monoisotopic (exact) mass is 304 g/mol. The summed E-state index contributed by atoms with van der Waals surface area (Å²) < 4.78 is 0. The average Bonchev–Trinajstić information content (AvgIpc) is 3.12. The van der Waals surface area contributed by atoms with E-state index in [4.69, 9.17) is 0 Å². The van der Waals surface area contributed by atoms with Crippen molar-refractivity contribution in [1.29, 1.82) is 0 Å². The van der Waals surface area contributed by atoms with Gasteiger partial charge in [-0.25, -0.2) is 0 Å². The molecule has 1 amide bonds. The lowest BCUT2D eigenvalue weighted by molar-refractivity contribution is -0.123. The highest BCUT2D eigenvalue weighted by Crippen LogP contribution is 2.58. The SMILES string of the molecule is Cl.O=C(NCC1CCSCC1)C1CC12CCNCC2. The number of carbonyl (C=O) groups excluding carboxylic acids is 1. The second kappa shape index (κ2) is 6.68. The summed E-state index contributed by atoms with van der Waals surface area (Å²) in [4.78, 5) is 12.2. The molecule has 2 aliphatic heterocycles. The van der Waals surface area contributed by atoms with Gasteiger partial charge >= 0.3 is 0 Å². The number of hydrogen-bond acceptors (Lipinski definition) is 3. The molecule has 0 radical (unpaired) electrons. The first-order valence-corrected chi connectivity index (χ1v) is 8.52. The molecule has 2 N–H and O–H groups in total. The van der Waals surface area contributed by atoms with Crippen molar-refractivity contribution < 1.29 is 4.79 Å². The van der Waals surface area contributed by atoms with Crippen molar-refractivity contribution in [2.45, 2.75) is 32.1 Å². The van der Waals surface area contributed by atoms with E-state index in [9.17, 15) is 4.79 Å². The number of thioether (sulfide) groups is 1. The van der Waals surface area contributed by atoms with Gasteiger partial charge in [0.15, 0.2) is 0 Å². The molecule has 0 bridgehead atoms. The number of rotatable bonds is 3. The molecule has 1 spiro atoms. The maximum Gasteiger partial charge on any atom is 0.223 e. The first-order valence-electron chi connectivity index (χ1n) is 7.36. The quantitative estimate of drug-likeness (QED) is 0.838. The molecule has 1 aliphatic carbocycles. The third kappa shape index (κ3) is 3.59. The van der Waals surface area contributed by atoms with Crippen molar-refractivity contribution in [2.24, 2.45) is 17.3 Å². The van der Waals surface area contributed by atoms with Crippen LogP contribution in [0.3, 0.4) is 0 Å². The number of carbonyl (C=O) groups is 1. The largest absolute Gasteiger partial charge is 0.356 e. The number of halogens is 1. The van der Waals surface area contributed by atoms with E-state index in [1.54, 1.807) is 0 Å². The number of piperidine rings is 1. The number of nitrogens with one attached hydrogen (secondary N) is 2. The maximum atomic E-state index is 12.2. The summed E-state index contributed by atoms with van der Waals surface area (Å²) in [5.74, 6) is 3.96. The van der Waals surface area contributed by atoms with Gasteiger partial charge in [-0.3, -0.25) is 4.79 Å². The van der Waals surface area contributed by atoms with Crippen LogP contribution in [0.25, 0.3) is 0 Å². The summed E-state index contributed by atoms with van der Waals surface area (Å²) in [7, 11) is 0. The van der Waals surface area contributed by atoms with Gasteiger partial charge in [-0.15, -0.1) is 12.4 Å². The Labute approximate surface area is 126 Å². The first-order chi connectivity index (χ1) is 8.80. The van der Waals surface area contributed by atoms with Gasteiger partial charge in [0.2, 0.25) is 5.91 Å². The van der Waals surface area contributed by atoms with Crippen molar-refractivity contribution >= 4 is 30.1 Å². The lowest BCUT2D eigenvalue weighted by Gasteiger charge is -2.24. The molecule has 2 saturated heterocycles. The van der Waals surface area contributed by atoms with Crippen LogP contribution in [0.5, 0.6) is 0 Å². The van der Waals surface area contributed by atoms with E-state index in [0.29, 0.717) is 17.2 Å². The van der Waals surface area contributed by atoms with Crippen LogP contribution < -0.4 is 10.6 Å². The molecule has 1 atom stereocenters. The van der Waals surface area contributed by atoms with E-state index in [1.807, 2.05) is 11.8 Å². The van der Waals surface area contributed by atoms with Gasteiger partial charge in [0.05, 0.1) is 0 Å². The molecule has 1 unspecified atom stereocenters. The minimum absolute atomic E-state index is 0. The molecule has 3 nitrogen and oxygen atoms in total. The third-order valence-corrected chi connectivity index (χ3v) is 6.06. The first kappa shape index (κ1) is 15.5. The van der Waals surface area contributed by atoms with Crippen LogP contribution in [-0.4, -0.2) is 37.0 Å². The second-order valence-electron chi connectivity index (χ2n) is 6.17. The standard InChI is InChI=1S/C14H24N2OS.ClH/c17-13(16-10-11-1-7-18-8-2-11)12-9-14(12)3-5-15-6-4-14;/h11-12,15H,1-10H2,(H,16,17);1H. The Morgan fingerprint density at radius 3 is 2.63 bits per heavy atom. The van der Waals surface area contributed by atoms with Gasteiger partial charge in [-0.05, 0) is 68.0 Å². The van der Waals surface area contributed by atoms with E-state index < -0.39 is 0 Å². The molecule has 3 rings (SSSR count). The molecule has 110 valence electrons. The fourth-order valence-corrected chi connectivity index (χ4v) is 4.72. The summed E-state index contributed by atoms with van der Waals surface area (Å²) in [6, 6.07) is 0. The Balaban J connectivity index is 0.00000133. The predicted molar refractivity (Wildman–Crippen MR) is 83.0 cm³/mol. The van der Waals surface area contributed by atoms with Crippen LogP contribution in [0.1, 0.15) is 32.1 Å². The zero-order valence-corrected chi connectivity index (χ0v) is 13.1. The van der Waals surface area contributed by atoms with Crippen LogP contribution in [0.15, 0.2) is 0 Å². The highest BCUT2D eigenvalue weighted by atomic mass is 35.5. The van der Waals surface area contributed by atoms with E-state index in [-0.39, 0.29) is 12.4 Å². The molecular weight excluding hydrogens is 280 g/mol. The lowest BCUT2D eigenvalue weighted by atomic mass is 9.91.